The van der Waals surface area contributed by atoms with Gasteiger partial charge in [0, 0.05) is 5.39 Å². The predicted octanol–water partition coefficient (Wildman–Crippen LogP) is 3.73. The molecule has 2 aromatic carbocycles. The topological polar surface area (TPSA) is 33.4 Å². The molecule has 2 heteroatoms. The van der Waals surface area contributed by atoms with Crippen LogP contribution < -0.4 is 0 Å². The van der Waals surface area contributed by atoms with Crippen molar-refractivity contribution in [3.63, 3.8) is 0 Å². The lowest BCUT2D eigenvalue weighted by molar-refractivity contribution is 0.464. The van der Waals surface area contributed by atoms with Crippen molar-refractivity contribution in [3.05, 3.63) is 65.9 Å². The summed E-state index contributed by atoms with van der Waals surface area (Å²) in [5, 5.41) is 10.8. The summed E-state index contributed by atoms with van der Waals surface area (Å²) in [6, 6.07) is 15.9. The highest BCUT2D eigenvalue weighted by Crippen LogP contribution is 2.28. The van der Waals surface area contributed by atoms with Gasteiger partial charge in [0.15, 0.2) is 11.3 Å². The first kappa shape index (κ1) is 9.97. The van der Waals surface area contributed by atoms with Gasteiger partial charge in [-0.2, -0.15) is 0 Å². The lowest BCUT2D eigenvalue weighted by atomic mass is 10.0. The number of rotatable bonds is 2. The van der Waals surface area contributed by atoms with Crippen LogP contribution in [-0.4, -0.2) is 5.11 Å². The van der Waals surface area contributed by atoms with Gasteiger partial charge in [0.25, 0.3) is 0 Å². The molecule has 0 spiro atoms. The molecule has 0 unspecified atom stereocenters. The zero-order valence-corrected chi connectivity index (χ0v) is 9.26. The Balaban J connectivity index is 2.01. The van der Waals surface area contributed by atoms with Crippen LogP contribution in [0, 0.1) is 0 Å². The van der Waals surface area contributed by atoms with Crippen molar-refractivity contribution in [2.75, 3.05) is 0 Å². The zero-order valence-electron chi connectivity index (χ0n) is 9.26. The summed E-state index contributed by atoms with van der Waals surface area (Å²) in [5.41, 5.74) is 2.87. The van der Waals surface area contributed by atoms with E-state index in [-0.39, 0.29) is 5.75 Å². The van der Waals surface area contributed by atoms with E-state index in [4.69, 9.17) is 4.42 Å². The fourth-order valence-corrected chi connectivity index (χ4v) is 2.06. The van der Waals surface area contributed by atoms with Crippen LogP contribution in [-0.2, 0) is 6.42 Å². The van der Waals surface area contributed by atoms with Gasteiger partial charge < -0.3 is 9.52 Å². The average Bonchev–Trinajstić information content (AvgIpc) is 2.79. The van der Waals surface area contributed by atoms with Crippen molar-refractivity contribution in [1.82, 2.24) is 0 Å². The fourth-order valence-electron chi connectivity index (χ4n) is 2.06. The number of phenols is 1. The van der Waals surface area contributed by atoms with Gasteiger partial charge in [0.1, 0.15) is 0 Å². The number of hydrogen-bond donors (Lipinski definition) is 1. The molecule has 0 atom stereocenters. The summed E-state index contributed by atoms with van der Waals surface area (Å²) in [4.78, 5) is 0. The van der Waals surface area contributed by atoms with Crippen LogP contribution in [0.5, 0.6) is 5.75 Å². The number of aromatic hydroxyl groups is 1. The maximum Gasteiger partial charge on any atom is 0.175 e. The second-order valence-electron chi connectivity index (χ2n) is 4.12. The van der Waals surface area contributed by atoms with Crippen LogP contribution in [0.1, 0.15) is 11.1 Å². The maximum absolute atomic E-state index is 9.83. The molecule has 17 heavy (non-hydrogen) atoms. The van der Waals surface area contributed by atoms with E-state index in [1.54, 1.807) is 12.3 Å². The minimum Gasteiger partial charge on any atom is -0.504 e. The Bertz CT molecular complexity index is 638. The zero-order chi connectivity index (χ0) is 11.7. The van der Waals surface area contributed by atoms with Crippen molar-refractivity contribution < 1.29 is 9.52 Å². The van der Waals surface area contributed by atoms with E-state index in [2.05, 4.69) is 12.1 Å². The molecule has 0 saturated carbocycles. The second kappa shape index (κ2) is 3.98. The Morgan fingerprint density at radius 2 is 1.76 bits per heavy atom. The summed E-state index contributed by atoms with van der Waals surface area (Å²) >= 11 is 0. The van der Waals surface area contributed by atoms with E-state index < -0.39 is 0 Å². The highest BCUT2D eigenvalue weighted by atomic mass is 16.3. The fraction of sp³-hybridized carbons (Fsp3) is 0.0667. The summed E-state index contributed by atoms with van der Waals surface area (Å²) in [7, 11) is 0. The molecule has 0 bridgehead atoms. The minimum absolute atomic E-state index is 0.207. The van der Waals surface area contributed by atoms with Crippen molar-refractivity contribution in [3.8, 4) is 5.75 Å². The molecule has 0 saturated heterocycles. The van der Waals surface area contributed by atoms with Gasteiger partial charge in [-0.15, -0.1) is 0 Å². The molecule has 0 amide bonds. The molecule has 0 aliphatic rings. The normalized spacial score (nSPS) is 10.8. The van der Waals surface area contributed by atoms with Gasteiger partial charge in [-0.25, -0.2) is 0 Å². The lowest BCUT2D eigenvalue weighted by Gasteiger charge is -2.03. The van der Waals surface area contributed by atoms with Crippen LogP contribution in [0.3, 0.4) is 0 Å². The van der Waals surface area contributed by atoms with E-state index in [1.165, 1.54) is 5.56 Å². The number of furan rings is 1. The monoisotopic (exact) mass is 224 g/mol. The minimum atomic E-state index is 0.207. The summed E-state index contributed by atoms with van der Waals surface area (Å²) < 4.78 is 5.20. The highest BCUT2D eigenvalue weighted by molar-refractivity contribution is 5.83. The Hall–Kier alpha value is -2.22. The van der Waals surface area contributed by atoms with Gasteiger partial charge in [-0.1, -0.05) is 30.3 Å². The van der Waals surface area contributed by atoms with Crippen LogP contribution >= 0.6 is 0 Å². The van der Waals surface area contributed by atoms with Crippen molar-refractivity contribution in [2.45, 2.75) is 6.42 Å². The second-order valence-corrected chi connectivity index (χ2v) is 4.12. The van der Waals surface area contributed by atoms with E-state index in [0.717, 1.165) is 17.4 Å². The molecule has 3 aromatic rings. The third-order valence-electron chi connectivity index (χ3n) is 2.84. The quantitative estimate of drug-likeness (QED) is 0.719. The molecule has 0 radical (unpaired) electrons. The van der Waals surface area contributed by atoms with Gasteiger partial charge in [-0.3, -0.25) is 0 Å². The first-order chi connectivity index (χ1) is 8.33. The average molecular weight is 224 g/mol. The van der Waals surface area contributed by atoms with E-state index in [0.29, 0.717) is 5.58 Å². The largest absolute Gasteiger partial charge is 0.504 e. The number of phenolic OH excluding ortho intramolecular Hbond substituents is 1. The summed E-state index contributed by atoms with van der Waals surface area (Å²) in [6.07, 6.45) is 2.41. The first-order valence-electron chi connectivity index (χ1n) is 5.56. The van der Waals surface area contributed by atoms with Gasteiger partial charge in [-0.05, 0) is 35.7 Å². The highest BCUT2D eigenvalue weighted by Gasteiger charge is 2.06. The molecule has 1 heterocycles. The van der Waals surface area contributed by atoms with E-state index in [1.807, 2.05) is 30.3 Å². The molecule has 1 aromatic heterocycles. The number of hydrogen-bond acceptors (Lipinski definition) is 2. The Labute approximate surface area is 99.1 Å². The smallest absolute Gasteiger partial charge is 0.175 e. The molecule has 0 aliphatic carbocycles. The van der Waals surface area contributed by atoms with E-state index >= 15 is 0 Å². The van der Waals surface area contributed by atoms with Crippen LogP contribution in [0.15, 0.2) is 59.2 Å². The van der Waals surface area contributed by atoms with Gasteiger partial charge >= 0.3 is 0 Å². The predicted molar refractivity (Wildman–Crippen MR) is 67.1 cm³/mol. The molecule has 3 rings (SSSR count). The molecular weight excluding hydrogens is 212 g/mol. The Kier molecular flexibility index (Phi) is 2.33. The molecule has 2 nitrogen and oxygen atoms in total. The molecular formula is C15H12O2. The molecule has 0 fully saturated rings. The van der Waals surface area contributed by atoms with Crippen molar-refractivity contribution >= 4 is 11.0 Å². The standard InChI is InChI=1S/C15H12O2/c16-14-10-12(8-11-4-2-1-3-5-11)9-13-6-7-17-15(13)14/h1-7,9-10,16H,8H2. The lowest BCUT2D eigenvalue weighted by Crippen LogP contribution is -1.87. The molecule has 1 N–H and O–H groups in total. The molecule has 0 aliphatic heterocycles. The van der Waals surface area contributed by atoms with Gasteiger partial charge in [0.2, 0.25) is 0 Å². The first-order valence-corrected chi connectivity index (χ1v) is 5.56. The summed E-state index contributed by atoms with van der Waals surface area (Å²) in [6.45, 7) is 0. The van der Waals surface area contributed by atoms with Crippen LogP contribution in [0.25, 0.3) is 11.0 Å². The summed E-state index contributed by atoms with van der Waals surface area (Å²) in [5.74, 6) is 0.207. The number of fused-ring (bicyclic) bond motifs is 1. The van der Waals surface area contributed by atoms with Crippen molar-refractivity contribution in [1.29, 1.82) is 0 Å². The molecule has 84 valence electrons. The Morgan fingerprint density at radius 3 is 2.59 bits per heavy atom. The number of benzene rings is 2. The van der Waals surface area contributed by atoms with Crippen LogP contribution in [0.4, 0.5) is 0 Å². The third-order valence-corrected chi connectivity index (χ3v) is 2.84. The maximum atomic E-state index is 9.83. The van der Waals surface area contributed by atoms with Crippen molar-refractivity contribution in [2.24, 2.45) is 0 Å². The third kappa shape index (κ3) is 1.89. The van der Waals surface area contributed by atoms with Gasteiger partial charge in [0.05, 0.1) is 6.26 Å². The SMILES string of the molecule is Oc1cc(Cc2ccccc2)cc2ccoc12. The van der Waals surface area contributed by atoms with Crippen LogP contribution in [0.2, 0.25) is 0 Å². The van der Waals surface area contributed by atoms with E-state index in [9.17, 15) is 5.11 Å². The Morgan fingerprint density at radius 1 is 0.941 bits per heavy atom.